The fraction of sp³-hybridized carbons (Fsp3) is 0.294. The van der Waals surface area contributed by atoms with E-state index in [1.54, 1.807) is 6.92 Å². The second kappa shape index (κ2) is 6.87. The highest BCUT2D eigenvalue weighted by Gasteiger charge is 2.16. The van der Waals surface area contributed by atoms with Gasteiger partial charge in [-0.2, -0.15) is 0 Å². The first-order chi connectivity index (χ1) is 10.0. The molecule has 2 aromatic rings. The predicted molar refractivity (Wildman–Crippen MR) is 87.8 cm³/mol. The van der Waals surface area contributed by atoms with Crippen LogP contribution in [-0.4, -0.2) is 20.7 Å². The van der Waals surface area contributed by atoms with Gasteiger partial charge in [-0.05, 0) is 22.6 Å². The lowest BCUT2D eigenvalue weighted by Crippen LogP contribution is -2.28. The Hall–Kier alpha value is -1.65. The Morgan fingerprint density at radius 1 is 0.952 bits per heavy atom. The van der Waals surface area contributed by atoms with Crippen LogP contribution in [0.2, 0.25) is 0 Å². The van der Waals surface area contributed by atoms with Gasteiger partial charge in [0.2, 0.25) is 10.0 Å². The zero-order chi connectivity index (χ0) is 15.3. The van der Waals surface area contributed by atoms with Crippen molar-refractivity contribution in [3.8, 4) is 11.1 Å². The Morgan fingerprint density at radius 3 is 2.10 bits per heavy atom. The monoisotopic (exact) mass is 303 g/mol. The van der Waals surface area contributed by atoms with Gasteiger partial charge in [0, 0.05) is 6.54 Å². The first-order valence-electron chi connectivity index (χ1n) is 7.14. The van der Waals surface area contributed by atoms with E-state index in [4.69, 9.17) is 0 Å². The van der Waals surface area contributed by atoms with E-state index in [0.717, 1.165) is 16.7 Å². The van der Waals surface area contributed by atoms with Gasteiger partial charge in [-0.1, -0.05) is 68.4 Å². The van der Waals surface area contributed by atoms with Crippen LogP contribution in [0, 0.1) is 0 Å². The number of sulfonamides is 1. The summed E-state index contributed by atoms with van der Waals surface area (Å²) in [4.78, 5) is 0. The summed E-state index contributed by atoms with van der Waals surface area (Å²) in [5.74, 6) is 0.0878. The van der Waals surface area contributed by atoms with Gasteiger partial charge >= 0.3 is 0 Å². The largest absolute Gasteiger partial charge is 0.215 e. The molecule has 0 aliphatic rings. The molecular formula is C17H21NO2S. The third-order valence-electron chi connectivity index (χ3n) is 3.42. The second-order valence-corrected chi connectivity index (χ2v) is 7.02. The van der Waals surface area contributed by atoms with Crippen LogP contribution in [0.1, 0.15) is 25.3 Å². The Balaban J connectivity index is 2.12. The molecule has 0 heterocycles. The van der Waals surface area contributed by atoms with Crippen LogP contribution in [0.5, 0.6) is 0 Å². The molecule has 0 radical (unpaired) electrons. The van der Waals surface area contributed by atoms with Crippen molar-refractivity contribution >= 4 is 10.0 Å². The number of hydrogen-bond acceptors (Lipinski definition) is 2. The van der Waals surface area contributed by atoms with E-state index in [-0.39, 0.29) is 11.7 Å². The highest BCUT2D eigenvalue weighted by atomic mass is 32.2. The lowest BCUT2D eigenvalue weighted by atomic mass is 9.99. The highest BCUT2D eigenvalue weighted by Crippen LogP contribution is 2.23. The standard InChI is InChI=1S/C17H21NO2S/c1-3-18-21(19,20)13-14(2)15-9-11-17(12-10-15)16-7-5-4-6-8-16/h4-12,14,18H,3,13H2,1-2H3. The van der Waals surface area contributed by atoms with Crippen molar-refractivity contribution in [2.45, 2.75) is 19.8 Å². The van der Waals surface area contributed by atoms with Gasteiger partial charge in [0.1, 0.15) is 0 Å². The quantitative estimate of drug-likeness (QED) is 0.889. The number of benzene rings is 2. The van der Waals surface area contributed by atoms with Crippen molar-refractivity contribution in [3.05, 3.63) is 60.2 Å². The molecule has 1 atom stereocenters. The molecule has 0 spiro atoms. The molecular weight excluding hydrogens is 282 g/mol. The van der Waals surface area contributed by atoms with Crippen molar-refractivity contribution in [3.63, 3.8) is 0 Å². The molecule has 1 unspecified atom stereocenters. The van der Waals surface area contributed by atoms with E-state index in [0.29, 0.717) is 6.54 Å². The molecule has 0 bridgehead atoms. The van der Waals surface area contributed by atoms with Crippen LogP contribution in [-0.2, 0) is 10.0 Å². The molecule has 0 aliphatic carbocycles. The maximum Gasteiger partial charge on any atom is 0.212 e. The maximum atomic E-state index is 11.8. The van der Waals surface area contributed by atoms with Crippen molar-refractivity contribution in [2.75, 3.05) is 12.3 Å². The third kappa shape index (κ3) is 4.41. The highest BCUT2D eigenvalue weighted by molar-refractivity contribution is 7.89. The molecule has 21 heavy (non-hydrogen) atoms. The lowest BCUT2D eigenvalue weighted by Gasteiger charge is -2.13. The Kier molecular flexibility index (Phi) is 5.15. The molecule has 3 nitrogen and oxygen atoms in total. The summed E-state index contributed by atoms with van der Waals surface area (Å²) in [7, 11) is -3.19. The molecule has 112 valence electrons. The molecule has 0 aliphatic heterocycles. The first-order valence-corrected chi connectivity index (χ1v) is 8.80. The minimum absolute atomic E-state index is 0.0288. The summed E-state index contributed by atoms with van der Waals surface area (Å²) in [6.45, 7) is 4.16. The first kappa shape index (κ1) is 15.7. The molecule has 0 aromatic heterocycles. The number of hydrogen-bond donors (Lipinski definition) is 1. The molecule has 2 aromatic carbocycles. The summed E-state index contributed by atoms with van der Waals surface area (Å²) in [5, 5.41) is 0. The van der Waals surface area contributed by atoms with Gasteiger partial charge in [0.25, 0.3) is 0 Å². The van der Waals surface area contributed by atoms with Crippen LogP contribution in [0.25, 0.3) is 11.1 Å². The Labute approximate surface area is 127 Å². The van der Waals surface area contributed by atoms with Gasteiger partial charge in [0.05, 0.1) is 5.75 Å². The van der Waals surface area contributed by atoms with Crippen molar-refractivity contribution < 1.29 is 8.42 Å². The maximum absolute atomic E-state index is 11.8. The van der Waals surface area contributed by atoms with Crippen LogP contribution >= 0.6 is 0 Å². The zero-order valence-electron chi connectivity index (χ0n) is 12.4. The van der Waals surface area contributed by atoms with Crippen LogP contribution in [0.15, 0.2) is 54.6 Å². The van der Waals surface area contributed by atoms with Crippen LogP contribution in [0.3, 0.4) is 0 Å². The summed E-state index contributed by atoms with van der Waals surface area (Å²) < 4.78 is 26.1. The van der Waals surface area contributed by atoms with Gasteiger partial charge in [-0.3, -0.25) is 0 Å². The molecule has 0 fully saturated rings. The number of nitrogens with one attached hydrogen (secondary N) is 1. The van der Waals surface area contributed by atoms with Gasteiger partial charge < -0.3 is 0 Å². The summed E-state index contributed by atoms with van der Waals surface area (Å²) >= 11 is 0. The van der Waals surface area contributed by atoms with E-state index in [1.807, 2.05) is 49.4 Å². The average Bonchev–Trinajstić information content (AvgIpc) is 2.48. The average molecular weight is 303 g/mol. The molecule has 0 amide bonds. The summed E-state index contributed by atoms with van der Waals surface area (Å²) in [5.41, 5.74) is 3.34. The van der Waals surface area contributed by atoms with Crippen molar-refractivity contribution in [1.82, 2.24) is 4.72 Å². The molecule has 4 heteroatoms. The van der Waals surface area contributed by atoms with Gasteiger partial charge in [-0.25, -0.2) is 13.1 Å². The minimum atomic E-state index is -3.19. The Bertz CT molecular complexity index is 664. The molecule has 2 rings (SSSR count). The fourth-order valence-corrected chi connectivity index (χ4v) is 3.75. The topological polar surface area (TPSA) is 46.2 Å². The lowest BCUT2D eigenvalue weighted by molar-refractivity contribution is 0.578. The van der Waals surface area contributed by atoms with Gasteiger partial charge in [0.15, 0.2) is 0 Å². The molecule has 0 saturated heterocycles. The summed E-state index contributed by atoms with van der Waals surface area (Å²) in [6.07, 6.45) is 0. The van der Waals surface area contributed by atoms with E-state index >= 15 is 0 Å². The summed E-state index contributed by atoms with van der Waals surface area (Å²) in [6, 6.07) is 18.2. The van der Waals surface area contributed by atoms with E-state index in [9.17, 15) is 8.42 Å². The third-order valence-corrected chi connectivity index (χ3v) is 5.09. The number of rotatable bonds is 6. The molecule has 0 saturated carbocycles. The normalized spacial score (nSPS) is 13.0. The van der Waals surface area contributed by atoms with Crippen LogP contribution in [0.4, 0.5) is 0 Å². The van der Waals surface area contributed by atoms with E-state index in [1.165, 1.54) is 0 Å². The SMILES string of the molecule is CCNS(=O)(=O)CC(C)c1ccc(-c2ccccc2)cc1. The van der Waals surface area contributed by atoms with Crippen molar-refractivity contribution in [2.24, 2.45) is 0 Å². The van der Waals surface area contributed by atoms with E-state index < -0.39 is 10.0 Å². The Morgan fingerprint density at radius 2 is 1.52 bits per heavy atom. The van der Waals surface area contributed by atoms with Crippen molar-refractivity contribution in [1.29, 1.82) is 0 Å². The predicted octanol–water partition coefficient (Wildman–Crippen LogP) is 3.40. The smallest absolute Gasteiger partial charge is 0.212 e. The molecule has 1 N–H and O–H groups in total. The fourth-order valence-electron chi connectivity index (χ4n) is 2.34. The van der Waals surface area contributed by atoms with Gasteiger partial charge in [-0.15, -0.1) is 0 Å². The van der Waals surface area contributed by atoms with E-state index in [2.05, 4.69) is 16.9 Å². The second-order valence-electron chi connectivity index (χ2n) is 5.17. The minimum Gasteiger partial charge on any atom is -0.215 e. The zero-order valence-corrected chi connectivity index (χ0v) is 13.2. The van der Waals surface area contributed by atoms with Crippen LogP contribution < -0.4 is 4.72 Å².